The summed E-state index contributed by atoms with van der Waals surface area (Å²) in [6, 6.07) is 9.94. The third-order valence-electron chi connectivity index (χ3n) is 4.14. The molecule has 0 radical (unpaired) electrons. The Morgan fingerprint density at radius 3 is 2.71 bits per heavy atom. The molecule has 1 aliphatic rings. The summed E-state index contributed by atoms with van der Waals surface area (Å²) in [7, 11) is 1.43. The van der Waals surface area contributed by atoms with Gasteiger partial charge in [-0.05, 0) is 48.6 Å². The maximum Gasteiger partial charge on any atom is 0.314 e. The average Bonchev–Trinajstić information content (AvgIpc) is 3.07. The van der Waals surface area contributed by atoms with Crippen molar-refractivity contribution in [3.05, 3.63) is 63.2 Å². The maximum atomic E-state index is 12.3. The van der Waals surface area contributed by atoms with Crippen LogP contribution in [0.4, 0.5) is 5.69 Å². The summed E-state index contributed by atoms with van der Waals surface area (Å²) in [5.74, 6) is 0.212. The lowest BCUT2D eigenvalue weighted by atomic mass is 10.0. The second-order valence-electron chi connectivity index (χ2n) is 5.64. The minimum Gasteiger partial charge on any atom is -0.496 e. The van der Waals surface area contributed by atoms with Crippen LogP contribution in [0.15, 0.2) is 36.4 Å². The third kappa shape index (κ3) is 3.22. The minimum atomic E-state index is -0.558. The minimum absolute atomic E-state index is 0.0512. The van der Waals surface area contributed by atoms with Crippen molar-refractivity contribution in [3.8, 4) is 11.5 Å². The van der Waals surface area contributed by atoms with Gasteiger partial charge in [0, 0.05) is 5.56 Å². The van der Waals surface area contributed by atoms with Gasteiger partial charge in [-0.3, -0.25) is 14.9 Å². The zero-order valence-corrected chi connectivity index (χ0v) is 13.3. The van der Waals surface area contributed by atoms with E-state index in [1.54, 1.807) is 12.1 Å². The predicted molar refractivity (Wildman–Crippen MR) is 87.9 cm³/mol. The largest absolute Gasteiger partial charge is 0.496 e. The highest BCUT2D eigenvalue weighted by molar-refractivity contribution is 5.97. The van der Waals surface area contributed by atoms with Gasteiger partial charge in [-0.25, -0.2) is 0 Å². The van der Waals surface area contributed by atoms with Crippen LogP contribution in [0, 0.1) is 10.1 Å². The first-order valence-electron chi connectivity index (χ1n) is 7.68. The fourth-order valence-corrected chi connectivity index (χ4v) is 2.86. The van der Waals surface area contributed by atoms with Crippen molar-refractivity contribution in [2.75, 3.05) is 13.7 Å². The molecule has 0 N–H and O–H groups in total. The molecule has 6 heteroatoms. The summed E-state index contributed by atoms with van der Waals surface area (Å²) in [6.07, 6.45) is 3.15. The van der Waals surface area contributed by atoms with Gasteiger partial charge in [0.1, 0.15) is 5.75 Å². The van der Waals surface area contributed by atoms with Crippen molar-refractivity contribution >= 4 is 11.5 Å². The molecule has 0 heterocycles. The smallest absolute Gasteiger partial charge is 0.314 e. The van der Waals surface area contributed by atoms with E-state index in [1.165, 1.54) is 30.4 Å². The number of methoxy groups -OCH3 is 1. The molecule has 0 aromatic heterocycles. The summed E-state index contributed by atoms with van der Waals surface area (Å²) in [5.41, 5.74) is 2.84. The normalized spacial score (nSPS) is 12.5. The van der Waals surface area contributed by atoms with E-state index < -0.39 is 4.92 Å². The zero-order valence-electron chi connectivity index (χ0n) is 13.3. The van der Waals surface area contributed by atoms with Crippen LogP contribution >= 0.6 is 0 Å². The van der Waals surface area contributed by atoms with Gasteiger partial charge in [0.15, 0.2) is 18.1 Å². The molecule has 0 saturated carbocycles. The van der Waals surface area contributed by atoms with Gasteiger partial charge in [-0.2, -0.15) is 0 Å². The molecule has 0 saturated heterocycles. The van der Waals surface area contributed by atoms with Crippen LogP contribution in [0.2, 0.25) is 0 Å². The van der Waals surface area contributed by atoms with Crippen LogP contribution in [0.25, 0.3) is 0 Å². The number of fused-ring (bicyclic) bond motifs is 1. The fraction of sp³-hybridized carbons (Fsp3) is 0.278. The third-order valence-corrected chi connectivity index (χ3v) is 4.14. The molecule has 0 unspecified atom stereocenters. The van der Waals surface area contributed by atoms with Gasteiger partial charge in [0.05, 0.1) is 18.1 Å². The lowest BCUT2D eigenvalue weighted by Crippen LogP contribution is -2.12. The van der Waals surface area contributed by atoms with Crippen LogP contribution in [-0.2, 0) is 12.8 Å². The molecular weight excluding hydrogens is 310 g/mol. The van der Waals surface area contributed by atoms with E-state index in [4.69, 9.17) is 9.47 Å². The Labute approximate surface area is 139 Å². The van der Waals surface area contributed by atoms with E-state index in [-0.39, 0.29) is 23.8 Å². The molecule has 124 valence electrons. The Kier molecular flexibility index (Phi) is 4.46. The number of hydrogen-bond acceptors (Lipinski definition) is 5. The first-order valence-corrected chi connectivity index (χ1v) is 7.68. The fourth-order valence-electron chi connectivity index (χ4n) is 2.86. The van der Waals surface area contributed by atoms with Crippen LogP contribution in [0.3, 0.4) is 0 Å². The number of aryl methyl sites for hydroxylation is 2. The highest BCUT2D eigenvalue weighted by Gasteiger charge is 2.19. The summed E-state index contributed by atoms with van der Waals surface area (Å²) in [6.45, 7) is -0.244. The molecule has 0 amide bonds. The Bertz CT molecular complexity index is 800. The van der Waals surface area contributed by atoms with E-state index in [0.29, 0.717) is 11.3 Å². The van der Waals surface area contributed by atoms with Gasteiger partial charge >= 0.3 is 5.69 Å². The highest BCUT2D eigenvalue weighted by atomic mass is 16.6. The summed E-state index contributed by atoms with van der Waals surface area (Å²) in [4.78, 5) is 22.9. The SMILES string of the molecule is COc1ccc(OCC(=O)c2ccc3c(c2)CCC3)c([N+](=O)[O-])c1. The van der Waals surface area contributed by atoms with Crippen molar-refractivity contribution in [2.45, 2.75) is 19.3 Å². The molecule has 0 atom stereocenters. The zero-order chi connectivity index (χ0) is 17.1. The number of nitro groups is 1. The molecule has 0 aliphatic heterocycles. The first-order chi connectivity index (χ1) is 11.6. The molecule has 3 rings (SSSR count). The van der Waals surface area contributed by atoms with Gasteiger partial charge in [0.25, 0.3) is 0 Å². The van der Waals surface area contributed by atoms with Crippen LogP contribution in [0.1, 0.15) is 27.9 Å². The van der Waals surface area contributed by atoms with Crippen LogP contribution in [0.5, 0.6) is 11.5 Å². The summed E-state index contributed by atoms with van der Waals surface area (Å²) in [5, 5.41) is 11.1. The van der Waals surface area contributed by atoms with Gasteiger partial charge in [0.2, 0.25) is 0 Å². The summed E-state index contributed by atoms with van der Waals surface area (Å²) >= 11 is 0. The monoisotopic (exact) mass is 327 g/mol. The topological polar surface area (TPSA) is 78.7 Å². The molecular formula is C18H17NO5. The highest BCUT2D eigenvalue weighted by Crippen LogP contribution is 2.31. The van der Waals surface area contributed by atoms with Crippen molar-refractivity contribution < 1.29 is 19.2 Å². The number of ether oxygens (including phenoxy) is 2. The van der Waals surface area contributed by atoms with E-state index >= 15 is 0 Å². The number of nitro benzene ring substituents is 1. The molecule has 1 aliphatic carbocycles. The van der Waals surface area contributed by atoms with E-state index in [0.717, 1.165) is 19.3 Å². The Balaban J connectivity index is 1.73. The molecule has 2 aromatic carbocycles. The summed E-state index contributed by atoms with van der Waals surface area (Å²) < 4.78 is 10.4. The van der Waals surface area contributed by atoms with Crippen molar-refractivity contribution in [2.24, 2.45) is 0 Å². The van der Waals surface area contributed by atoms with Crippen molar-refractivity contribution in [3.63, 3.8) is 0 Å². The lowest BCUT2D eigenvalue weighted by Gasteiger charge is -2.08. The maximum absolute atomic E-state index is 12.3. The Morgan fingerprint density at radius 1 is 1.17 bits per heavy atom. The second-order valence-corrected chi connectivity index (χ2v) is 5.64. The lowest BCUT2D eigenvalue weighted by molar-refractivity contribution is -0.385. The van der Waals surface area contributed by atoms with Gasteiger partial charge < -0.3 is 9.47 Å². The Hall–Kier alpha value is -2.89. The molecule has 0 bridgehead atoms. The van der Waals surface area contributed by atoms with Gasteiger partial charge in [-0.15, -0.1) is 0 Å². The number of rotatable bonds is 6. The molecule has 0 spiro atoms. The molecule has 24 heavy (non-hydrogen) atoms. The van der Waals surface area contributed by atoms with E-state index in [2.05, 4.69) is 0 Å². The quantitative estimate of drug-likeness (QED) is 0.462. The second kappa shape index (κ2) is 6.70. The first kappa shape index (κ1) is 16.0. The van der Waals surface area contributed by atoms with Crippen molar-refractivity contribution in [1.82, 2.24) is 0 Å². The number of Topliss-reactive ketones (excluding diaryl/α,β-unsaturated/α-hetero) is 1. The van der Waals surface area contributed by atoms with Crippen LogP contribution < -0.4 is 9.47 Å². The number of nitrogens with zero attached hydrogens (tertiary/aromatic N) is 1. The number of carbonyl (C=O) groups is 1. The molecule has 6 nitrogen and oxygen atoms in total. The predicted octanol–water partition coefficient (Wildman–Crippen LogP) is 3.35. The standard InChI is InChI=1S/C18H17NO5/c1-23-15-7-8-18(16(10-15)19(21)22)24-11-17(20)14-6-5-12-3-2-4-13(12)9-14/h5-10H,2-4,11H2,1H3. The number of ketones is 1. The van der Waals surface area contributed by atoms with Crippen molar-refractivity contribution in [1.29, 1.82) is 0 Å². The molecule has 2 aromatic rings. The number of carbonyl (C=O) groups excluding carboxylic acids is 1. The Morgan fingerprint density at radius 2 is 1.96 bits per heavy atom. The van der Waals surface area contributed by atoms with Gasteiger partial charge in [-0.1, -0.05) is 12.1 Å². The number of benzene rings is 2. The van der Waals surface area contributed by atoms with E-state index in [1.807, 2.05) is 12.1 Å². The van der Waals surface area contributed by atoms with E-state index in [9.17, 15) is 14.9 Å². The van der Waals surface area contributed by atoms with Crippen LogP contribution in [-0.4, -0.2) is 24.4 Å². The molecule has 0 fully saturated rings. The average molecular weight is 327 g/mol. The number of hydrogen-bond donors (Lipinski definition) is 0.